The van der Waals surface area contributed by atoms with Gasteiger partial charge in [0, 0.05) is 11.8 Å². The lowest BCUT2D eigenvalue weighted by molar-refractivity contribution is 0.104. The Labute approximate surface area is 158 Å². The summed E-state index contributed by atoms with van der Waals surface area (Å²) in [6.07, 6.45) is 2.98. The van der Waals surface area contributed by atoms with E-state index in [9.17, 15) is 9.18 Å². The number of nitrogens with two attached hydrogens (primary N) is 1. The topological polar surface area (TPSA) is 81.0 Å². The predicted octanol–water partition coefficient (Wildman–Crippen LogP) is 4.96. The molecule has 0 amide bonds. The Hall–Kier alpha value is -3.38. The van der Waals surface area contributed by atoms with Crippen LogP contribution in [-0.4, -0.2) is 15.8 Å². The fourth-order valence-corrected chi connectivity index (χ4v) is 2.90. The van der Waals surface area contributed by atoms with Gasteiger partial charge in [-0.3, -0.25) is 4.79 Å². The first-order valence-corrected chi connectivity index (χ1v) is 8.40. The fourth-order valence-electron chi connectivity index (χ4n) is 2.76. The number of nitrogens with one attached hydrogen (secondary N) is 1. The summed E-state index contributed by atoms with van der Waals surface area (Å²) in [6.45, 7) is 0. The molecule has 0 unspecified atom stereocenters. The van der Waals surface area contributed by atoms with Crippen LogP contribution in [-0.2, 0) is 0 Å². The third-order valence-electron chi connectivity index (χ3n) is 4.12. The molecule has 0 atom stereocenters. The van der Waals surface area contributed by atoms with Crippen LogP contribution in [0, 0.1) is 5.82 Å². The highest BCUT2D eigenvalue weighted by atomic mass is 35.5. The van der Waals surface area contributed by atoms with Crippen LogP contribution < -0.4 is 10.5 Å². The Kier molecular flexibility index (Phi) is 4.25. The van der Waals surface area contributed by atoms with Gasteiger partial charge in [-0.25, -0.2) is 9.37 Å². The Morgan fingerprint density at radius 2 is 1.89 bits per heavy atom. The third kappa shape index (κ3) is 3.11. The lowest BCUT2D eigenvalue weighted by Gasteiger charge is -2.07. The number of carbonyl (C=O) groups excluding carboxylic acids is 1. The minimum absolute atomic E-state index is 0.113. The summed E-state index contributed by atoms with van der Waals surface area (Å²) in [4.78, 5) is 19.9. The van der Waals surface area contributed by atoms with E-state index in [0.29, 0.717) is 33.6 Å². The molecule has 2 aromatic carbocycles. The number of anilines is 1. The molecule has 2 aromatic heterocycles. The number of pyridine rings is 1. The number of carbonyl (C=O) groups is 1. The average molecular weight is 382 g/mol. The molecule has 3 N–H and O–H groups in total. The number of ketones is 1. The van der Waals surface area contributed by atoms with E-state index in [4.69, 9.17) is 22.1 Å². The molecular formula is C20H13ClFN3O2. The lowest BCUT2D eigenvalue weighted by atomic mass is 10.0. The third-order valence-corrected chi connectivity index (χ3v) is 4.42. The molecule has 0 saturated heterocycles. The molecule has 7 heteroatoms. The molecule has 27 heavy (non-hydrogen) atoms. The van der Waals surface area contributed by atoms with Gasteiger partial charge in [0.05, 0.1) is 27.9 Å². The number of fused-ring (bicyclic) bond motifs is 1. The van der Waals surface area contributed by atoms with Crippen LogP contribution in [0.3, 0.4) is 0 Å². The van der Waals surface area contributed by atoms with Gasteiger partial charge in [0.15, 0.2) is 17.3 Å². The summed E-state index contributed by atoms with van der Waals surface area (Å²) in [6, 6.07) is 12.5. The van der Waals surface area contributed by atoms with Gasteiger partial charge in [-0.1, -0.05) is 23.7 Å². The summed E-state index contributed by atoms with van der Waals surface area (Å²) in [5.41, 5.74) is 7.59. The van der Waals surface area contributed by atoms with Crippen LogP contribution in [0.15, 0.2) is 60.9 Å². The highest BCUT2D eigenvalue weighted by Crippen LogP contribution is 2.31. The van der Waals surface area contributed by atoms with Crippen molar-refractivity contribution in [2.75, 3.05) is 5.73 Å². The first-order valence-electron chi connectivity index (χ1n) is 8.03. The second-order valence-corrected chi connectivity index (χ2v) is 6.24. The predicted molar refractivity (Wildman–Crippen MR) is 102 cm³/mol. The number of nitrogens with zero attached hydrogens (tertiary/aromatic N) is 1. The van der Waals surface area contributed by atoms with E-state index in [1.807, 2.05) is 0 Å². The molecule has 2 heterocycles. The number of aromatic nitrogens is 2. The number of para-hydroxylation sites is 1. The average Bonchev–Trinajstić information content (AvgIpc) is 3.11. The number of H-pyrrole nitrogens is 1. The first-order chi connectivity index (χ1) is 13.0. The largest absolute Gasteiger partial charge is 0.454 e. The van der Waals surface area contributed by atoms with Crippen molar-refractivity contribution in [3.8, 4) is 11.5 Å². The van der Waals surface area contributed by atoms with E-state index in [0.717, 1.165) is 0 Å². The number of benzene rings is 2. The quantitative estimate of drug-likeness (QED) is 0.489. The smallest absolute Gasteiger partial charge is 0.195 e. The van der Waals surface area contributed by atoms with Crippen LogP contribution in [0.5, 0.6) is 11.5 Å². The van der Waals surface area contributed by atoms with Gasteiger partial charge in [-0.05, 0) is 36.4 Å². The van der Waals surface area contributed by atoms with Crippen LogP contribution in [0.25, 0.3) is 11.0 Å². The zero-order chi connectivity index (χ0) is 19.0. The Morgan fingerprint density at radius 1 is 1.15 bits per heavy atom. The summed E-state index contributed by atoms with van der Waals surface area (Å²) < 4.78 is 19.2. The van der Waals surface area contributed by atoms with Crippen LogP contribution >= 0.6 is 11.6 Å². The second kappa shape index (κ2) is 6.74. The monoisotopic (exact) mass is 381 g/mol. The summed E-state index contributed by atoms with van der Waals surface area (Å²) in [5.74, 6) is -0.174. The Balaban J connectivity index is 1.64. The molecule has 0 fully saturated rings. The van der Waals surface area contributed by atoms with Gasteiger partial charge in [-0.2, -0.15) is 0 Å². The number of ether oxygens (including phenoxy) is 1. The van der Waals surface area contributed by atoms with Gasteiger partial charge in [-0.15, -0.1) is 0 Å². The van der Waals surface area contributed by atoms with Crippen molar-refractivity contribution in [1.29, 1.82) is 0 Å². The van der Waals surface area contributed by atoms with E-state index < -0.39 is 5.82 Å². The van der Waals surface area contributed by atoms with Crippen LogP contribution in [0.2, 0.25) is 5.02 Å². The normalized spacial score (nSPS) is 10.9. The molecule has 0 aliphatic carbocycles. The number of halogens is 2. The Bertz CT molecular complexity index is 1160. The first kappa shape index (κ1) is 17.1. The fraction of sp³-hybridized carbons (Fsp3) is 0. The van der Waals surface area contributed by atoms with Crippen LogP contribution in [0.4, 0.5) is 10.1 Å². The van der Waals surface area contributed by atoms with Crippen LogP contribution in [0.1, 0.15) is 15.9 Å². The van der Waals surface area contributed by atoms with E-state index >= 15 is 0 Å². The van der Waals surface area contributed by atoms with Gasteiger partial charge >= 0.3 is 0 Å². The summed E-state index contributed by atoms with van der Waals surface area (Å²) >= 11 is 6.02. The van der Waals surface area contributed by atoms with E-state index in [1.165, 1.54) is 18.3 Å². The molecule has 0 spiro atoms. The van der Waals surface area contributed by atoms with E-state index in [-0.39, 0.29) is 16.6 Å². The van der Waals surface area contributed by atoms with Crippen molar-refractivity contribution in [2.24, 2.45) is 0 Å². The van der Waals surface area contributed by atoms with Gasteiger partial charge < -0.3 is 15.5 Å². The standard InChI is InChI=1S/C20H13ClFN3O2/c21-14-10-25-20-17(18(14)23)13(9-24-20)19(26)11-5-7-12(8-6-11)27-16-4-2-1-3-15(16)22/h1-10H,(H3,23,24,25). The van der Waals surface area contributed by atoms with E-state index in [2.05, 4.69) is 9.97 Å². The maximum Gasteiger partial charge on any atom is 0.195 e. The highest BCUT2D eigenvalue weighted by molar-refractivity contribution is 6.35. The van der Waals surface area contributed by atoms with Crippen molar-refractivity contribution < 1.29 is 13.9 Å². The van der Waals surface area contributed by atoms with Crippen molar-refractivity contribution in [1.82, 2.24) is 9.97 Å². The number of rotatable bonds is 4. The van der Waals surface area contributed by atoms with Gasteiger partial charge in [0.2, 0.25) is 0 Å². The zero-order valence-electron chi connectivity index (χ0n) is 13.9. The molecule has 4 rings (SSSR count). The molecule has 0 bridgehead atoms. The highest BCUT2D eigenvalue weighted by Gasteiger charge is 2.18. The maximum atomic E-state index is 13.7. The molecule has 0 saturated carbocycles. The number of hydrogen-bond acceptors (Lipinski definition) is 4. The molecule has 0 aliphatic rings. The summed E-state index contributed by atoms with van der Waals surface area (Å²) in [5, 5.41) is 0.768. The van der Waals surface area contributed by atoms with Crippen molar-refractivity contribution in [3.63, 3.8) is 0 Å². The van der Waals surface area contributed by atoms with Gasteiger partial charge in [0.1, 0.15) is 11.4 Å². The lowest BCUT2D eigenvalue weighted by Crippen LogP contribution is -2.02. The minimum Gasteiger partial charge on any atom is -0.454 e. The van der Waals surface area contributed by atoms with Crippen molar-refractivity contribution in [3.05, 3.63) is 82.9 Å². The molecule has 4 aromatic rings. The maximum absolute atomic E-state index is 13.7. The molecule has 0 radical (unpaired) electrons. The molecule has 5 nitrogen and oxygen atoms in total. The SMILES string of the molecule is Nc1c(Cl)cnc2[nH]cc(C(=O)c3ccc(Oc4ccccc4F)cc3)c12. The van der Waals surface area contributed by atoms with E-state index in [1.54, 1.807) is 42.6 Å². The zero-order valence-corrected chi connectivity index (χ0v) is 14.6. The Morgan fingerprint density at radius 3 is 2.63 bits per heavy atom. The minimum atomic E-state index is -0.462. The molecule has 0 aliphatic heterocycles. The second-order valence-electron chi connectivity index (χ2n) is 5.83. The van der Waals surface area contributed by atoms with Crippen molar-refractivity contribution >= 4 is 34.1 Å². The van der Waals surface area contributed by atoms with Gasteiger partial charge in [0.25, 0.3) is 0 Å². The number of nitrogen functional groups attached to an aromatic ring is 1. The number of aromatic amines is 1. The number of hydrogen-bond donors (Lipinski definition) is 2. The summed E-state index contributed by atoms with van der Waals surface area (Å²) in [7, 11) is 0. The molecular weight excluding hydrogens is 369 g/mol. The van der Waals surface area contributed by atoms with Crippen molar-refractivity contribution in [2.45, 2.75) is 0 Å². The molecule has 134 valence electrons.